The summed E-state index contributed by atoms with van der Waals surface area (Å²) in [7, 11) is 5.73. The van der Waals surface area contributed by atoms with Crippen molar-refractivity contribution in [1.82, 2.24) is 15.3 Å². The highest BCUT2D eigenvalue weighted by Crippen LogP contribution is 2.26. The highest BCUT2D eigenvalue weighted by Gasteiger charge is 2.16. The van der Waals surface area contributed by atoms with Crippen LogP contribution >= 0.6 is 0 Å². The highest BCUT2D eigenvalue weighted by molar-refractivity contribution is 5.63. The van der Waals surface area contributed by atoms with Crippen molar-refractivity contribution in [3.63, 3.8) is 0 Å². The van der Waals surface area contributed by atoms with Crippen LogP contribution in [-0.2, 0) is 4.74 Å². The second-order valence-corrected chi connectivity index (χ2v) is 7.41. The molecule has 0 spiro atoms. The number of hydrogen-bond acceptors (Lipinski definition) is 8. The van der Waals surface area contributed by atoms with Gasteiger partial charge in [0.05, 0.1) is 0 Å². The second kappa shape index (κ2) is 10.4. The Morgan fingerprint density at radius 1 is 1.24 bits per heavy atom. The van der Waals surface area contributed by atoms with E-state index in [1.165, 1.54) is 0 Å². The standard InChI is InChI=1S/C21H31N5O3/c1-22-13-17(27)14-29-18-6-4-5-15(11-18)21-24-19(12-20(25-21)26(2)3)23-16-7-9-28-10-8-16/h4-6,11-12,16-17,22,27H,7-10,13-14H2,1-3H3,(H,23,24,25). The number of nitrogens with zero attached hydrogens (tertiary/aromatic N) is 3. The Labute approximate surface area is 172 Å². The molecule has 29 heavy (non-hydrogen) atoms. The van der Waals surface area contributed by atoms with E-state index < -0.39 is 6.10 Å². The number of nitrogens with one attached hydrogen (secondary N) is 2. The summed E-state index contributed by atoms with van der Waals surface area (Å²) in [6, 6.07) is 9.96. The molecule has 8 heteroatoms. The Morgan fingerprint density at radius 3 is 2.76 bits per heavy atom. The van der Waals surface area contributed by atoms with Crippen molar-refractivity contribution in [2.24, 2.45) is 0 Å². The van der Waals surface area contributed by atoms with E-state index in [0.29, 0.717) is 24.2 Å². The van der Waals surface area contributed by atoms with Gasteiger partial charge in [0.1, 0.15) is 30.1 Å². The van der Waals surface area contributed by atoms with Crippen LogP contribution in [-0.4, -0.2) is 74.7 Å². The summed E-state index contributed by atoms with van der Waals surface area (Å²) in [6.07, 6.45) is 1.37. The third-order valence-corrected chi connectivity index (χ3v) is 4.72. The molecular weight excluding hydrogens is 370 g/mol. The fourth-order valence-electron chi connectivity index (χ4n) is 3.13. The molecule has 3 N–H and O–H groups in total. The van der Waals surface area contributed by atoms with E-state index >= 15 is 0 Å². The summed E-state index contributed by atoms with van der Waals surface area (Å²) < 4.78 is 11.2. The minimum Gasteiger partial charge on any atom is -0.491 e. The van der Waals surface area contributed by atoms with E-state index in [-0.39, 0.29) is 6.61 Å². The highest BCUT2D eigenvalue weighted by atomic mass is 16.5. The van der Waals surface area contributed by atoms with Gasteiger partial charge in [-0.05, 0) is 32.0 Å². The van der Waals surface area contributed by atoms with Crippen LogP contribution in [0.1, 0.15) is 12.8 Å². The molecule has 2 aromatic rings. The quantitative estimate of drug-likeness (QED) is 0.586. The molecule has 1 fully saturated rings. The number of benzene rings is 1. The van der Waals surface area contributed by atoms with Crippen molar-refractivity contribution in [2.75, 3.05) is 57.7 Å². The van der Waals surface area contributed by atoms with Crippen molar-refractivity contribution in [3.8, 4) is 17.1 Å². The molecular formula is C21H31N5O3. The first-order valence-corrected chi connectivity index (χ1v) is 10.0. The zero-order chi connectivity index (χ0) is 20.6. The molecule has 158 valence electrons. The van der Waals surface area contributed by atoms with Gasteiger partial charge in [-0.2, -0.15) is 0 Å². The summed E-state index contributed by atoms with van der Waals surface area (Å²) in [5, 5.41) is 16.3. The van der Waals surface area contributed by atoms with Crippen molar-refractivity contribution in [3.05, 3.63) is 30.3 Å². The van der Waals surface area contributed by atoms with Crippen molar-refractivity contribution >= 4 is 11.6 Å². The van der Waals surface area contributed by atoms with Crippen LogP contribution in [0.5, 0.6) is 5.75 Å². The normalized spacial score (nSPS) is 15.7. The van der Waals surface area contributed by atoms with Gasteiger partial charge in [-0.1, -0.05) is 12.1 Å². The Kier molecular flexibility index (Phi) is 7.62. The predicted octanol–water partition coefficient (Wildman–Crippen LogP) is 1.76. The molecule has 1 aliphatic rings. The van der Waals surface area contributed by atoms with E-state index in [9.17, 15) is 5.11 Å². The van der Waals surface area contributed by atoms with Crippen LogP contribution in [0, 0.1) is 0 Å². The molecule has 3 rings (SSSR count). The molecule has 0 aliphatic carbocycles. The Balaban J connectivity index is 1.80. The van der Waals surface area contributed by atoms with E-state index in [1.54, 1.807) is 7.05 Å². The first-order chi connectivity index (χ1) is 14.0. The van der Waals surface area contributed by atoms with Gasteiger partial charge in [-0.15, -0.1) is 0 Å². The summed E-state index contributed by atoms with van der Waals surface area (Å²) in [5.41, 5.74) is 0.865. The number of anilines is 2. The molecule has 1 aliphatic heterocycles. The van der Waals surface area contributed by atoms with E-state index in [0.717, 1.165) is 43.3 Å². The second-order valence-electron chi connectivity index (χ2n) is 7.41. The van der Waals surface area contributed by atoms with Crippen molar-refractivity contribution < 1.29 is 14.6 Å². The fraction of sp³-hybridized carbons (Fsp3) is 0.524. The van der Waals surface area contributed by atoms with Crippen LogP contribution in [0.2, 0.25) is 0 Å². The van der Waals surface area contributed by atoms with Gasteiger partial charge < -0.3 is 30.1 Å². The molecule has 0 bridgehead atoms. The molecule has 0 radical (unpaired) electrons. The van der Waals surface area contributed by atoms with Gasteiger partial charge in [-0.3, -0.25) is 0 Å². The monoisotopic (exact) mass is 401 g/mol. The first kappa shape index (κ1) is 21.3. The molecule has 0 saturated carbocycles. The average molecular weight is 402 g/mol. The lowest BCUT2D eigenvalue weighted by atomic mass is 10.1. The molecule has 2 heterocycles. The summed E-state index contributed by atoms with van der Waals surface area (Å²) >= 11 is 0. The number of likely N-dealkylation sites (N-methyl/N-ethyl adjacent to an activating group) is 1. The molecule has 1 aromatic heterocycles. The minimum absolute atomic E-state index is 0.222. The minimum atomic E-state index is -0.563. The molecule has 1 aromatic carbocycles. The van der Waals surface area contributed by atoms with E-state index in [4.69, 9.17) is 19.4 Å². The number of ether oxygens (including phenoxy) is 2. The fourth-order valence-corrected chi connectivity index (χ4v) is 3.13. The molecule has 0 amide bonds. The molecule has 1 unspecified atom stereocenters. The van der Waals surface area contributed by atoms with Gasteiger partial charge >= 0.3 is 0 Å². The maximum Gasteiger partial charge on any atom is 0.163 e. The smallest absolute Gasteiger partial charge is 0.163 e. The van der Waals surface area contributed by atoms with Gasteiger partial charge in [-0.25, -0.2) is 9.97 Å². The Morgan fingerprint density at radius 2 is 2.03 bits per heavy atom. The third-order valence-electron chi connectivity index (χ3n) is 4.72. The molecule has 1 atom stereocenters. The Bertz CT molecular complexity index is 781. The number of aliphatic hydroxyl groups is 1. The van der Waals surface area contributed by atoms with E-state index in [1.807, 2.05) is 49.3 Å². The largest absolute Gasteiger partial charge is 0.491 e. The van der Waals surface area contributed by atoms with Crippen LogP contribution in [0.3, 0.4) is 0 Å². The van der Waals surface area contributed by atoms with Gasteiger partial charge in [0.25, 0.3) is 0 Å². The van der Waals surface area contributed by atoms with Crippen LogP contribution < -0.4 is 20.3 Å². The van der Waals surface area contributed by atoms with Crippen LogP contribution in [0.4, 0.5) is 11.6 Å². The lowest BCUT2D eigenvalue weighted by molar-refractivity contribution is 0.0904. The molecule has 8 nitrogen and oxygen atoms in total. The summed E-state index contributed by atoms with van der Waals surface area (Å²) in [5.74, 6) is 2.95. The first-order valence-electron chi connectivity index (χ1n) is 10.0. The summed E-state index contributed by atoms with van der Waals surface area (Å²) in [6.45, 7) is 2.25. The van der Waals surface area contributed by atoms with E-state index in [2.05, 4.69) is 10.6 Å². The molecule has 1 saturated heterocycles. The zero-order valence-electron chi connectivity index (χ0n) is 17.4. The van der Waals surface area contributed by atoms with Gasteiger partial charge in [0.15, 0.2) is 5.82 Å². The summed E-state index contributed by atoms with van der Waals surface area (Å²) in [4.78, 5) is 11.4. The average Bonchev–Trinajstić information content (AvgIpc) is 2.73. The topological polar surface area (TPSA) is 91.8 Å². The lowest BCUT2D eigenvalue weighted by Crippen LogP contribution is -2.29. The van der Waals surface area contributed by atoms with Crippen LogP contribution in [0.15, 0.2) is 30.3 Å². The van der Waals surface area contributed by atoms with Crippen LogP contribution in [0.25, 0.3) is 11.4 Å². The number of aromatic nitrogens is 2. The number of rotatable bonds is 9. The lowest BCUT2D eigenvalue weighted by Gasteiger charge is -2.24. The zero-order valence-corrected chi connectivity index (χ0v) is 17.4. The predicted molar refractivity (Wildman–Crippen MR) is 115 cm³/mol. The number of aliphatic hydroxyl groups excluding tert-OH is 1. The number of hydrogen-bond donors (Lipinski definition) is 3. The maximum atomic E-state index is 9.85. The van der Waals surface area contributed by atoms with Crippen molar-refractivity contribution in [2.45, 2.75) is 25.0 Å². The Hall–Kier alpha value is -2.42. The maximum absolute atomic E-state index is 9.85. The van der Waals surface area contributed by atoms with Crippen molar-refractivity contribution in [1.29, 1.82) is 0 Å². The third kappa shape index (κ3) is 6.28. The SMILES string of the molecule is CNCC(O)COc1cccc(-c2nc(NC3CCOCC3)cc(N(C)C)n2)c1. The van der Waals surface area contributed by atoms with Gasteiger partial charge in [0, 0.05) is 51.5 Å². The van der Waals surface area contributed by atoms with Gasteiger partial charge in [0.2, 0.25) is 0 Å².